The van der Waals surface area contributed by atoms with Crippen LogP contribution in [0.2, 0.25) is 0 Å². The minimum absolute atomic E-state index is 0.0357. The van der Waals surface area contributed by atoms with Gasteiger partial charge in [-0.1, -0.05) is 32.0 Å². The van der Waals surface area contributed by atoms with Crippen molar-refractivity contribution in [1.82, 2.24) is 0 Å². The summed E-state index contributed by atoms with van der Waals surface area (Å²) in [5.41, 5.74) is 0.449. The molecule has 0 atom stereocenters. The van der Waals surface area contributed by atoms with E-state index in [9.17, 15) is 13.5 Å². The molecule has 0 aliphatic heterocycles. The molecule has 6 heteroatoms. The third-order valence-corrected chi connectivity index (χ3v) is 5.86. The summed E-state index contributed by atoms with van der Waals surface area (Å²) < 4.78 is 27.9. The van der Waals surface area contributed by atoms with Gasteiger partial charge in [0.15, 0.2) is 0 Å². The molecule has 0 aliphatic carbocycles. The zero-order valence-corrected chi connectivity index (χ0v) is 14.8. The highest BCUT2D eigenvalue weighted by Crippen LogP contribution is 2.30. The van der Waals surface area contributed by atoms with Crippen molar-refractivity contribution in [2.24, 2.45) is 5.92 Å². The quantitative estimate of drug-likeness (QED) is 0.848. The number of hydrogen-bond acceptors (Lipinski definition) is 3. The second kappa shape index (κ2) is 6.71. The van der Waals surface area contributed by atoms with Crippen molar-refractivity contribution in [2.45, 2.75) is 18.7 Å². The van der Waals surface area contributed by atoms with Crippen molar-refractivity contribution >= 4 is 31.6 Å². The van der Waals surface area contributed by atoms with Crippen molar-refractivity contribution < 1.29 is 13.5 Å². The lowest BCUT2D eigenvalue weighted by molar-refractivity contribution is 0.475. The van der Waals surface area contributed by atoms with E-state index in [-0.39, 0.29) is 16.6 Å². The predicted octanol–water partition coefficient (Wildman–Crippen LogP) is 4.01. The van der Waals surface area contributed by atoms with Crippen LogP contribution in [0, 0.1) is 5.92 Å². The molecule has 0 amide bonds. The van der Waals surface area contributed by atoms with Gasteiger partial charge in [0.1, 0.15) is 10.6 Å². The molecule has 2 rings (SSSR count). The Morgan fingerprint density at radius 3 is 2.41 bits per heavy atom. The summed E-state index contributed by atoms with van der Waals surface area (Å²) in [5.74, 6) is 0.174. The van der Waals surface area contributed by atoms with Crippen LogP contribution in [0.4, 0.5) is 5.69 Å². The number of sulfonamides is 1. The summed E-state index contributed by atoms with van der Waals surface area (Å²) >= 11 is 3.30. The van der Waals surface area contributed by atoms with Gasteiger partial charge in [0.2, 0.25) is 0 Å². The van der Waals surface area contributed by atoms with Gasteiger partial charge in [0, 0.05) is 17.1 Å². The van der Waals surface area contributed by atoms with Crippen LogP contribution in [0.1, 0.15) is 13.8 Å². The summed E-state index contributed by atoms with van der Waals surface area (Å²) in [6.45, 7) is 4.23. The van der Waals surface area contributed by atoms with E-state index in [2.05, 4.69) is 15.9 Å². The Hall–Kier alpha value is -1.53. The van der Waals surface area contributed by atoms with Crippen LogP contribution in [-0.2, 0) is 10.0 Å². The fourth-order valence-electron chi connectivity index (χ4n) is 2.09. The van der Waals surface area contributed by atoms with E-state index >= 15 is 0 Å². The maximum atomic E-state index is 13.0. The number of hydrogen-bond donors (Lipinski definition) is 1. The van der Waals surface area contributed by atoms with Gasteiger partial charge in [-0.05, 0) is 46.1 Å². The number of rotatable bonds is 5. The second-order valence-electron chi connectivity index (χ2n) is 5.38. The predicted molar refractivity (Wildman–Crippen MR) is 91.6 cm³/mol. The smallest absolute Gasteiger partial charge is 0.265 e. The Labute approximate surface area is 139 Å². The molecule has 1 N–H and O–H groups in total. The van der Waals surface area contributed by atoms with Gasteiger partial charge in [0.05, 0.1) is 5.69 Å². The van der Waals surface area contributed by atoms with Gasteiger partial charge in [-0.3, -0.25) is 4.31 Å². The number of phenols is 1. The molecule has 0 saturated heterocycles. The van der Waals surface area contributed by atoms with E-state index < -0.39 is 10.0 Å². The molecule has 0 fully saturated rings. The monoisotopic (exact) mass is 383 g/mol. The van der Waals surface area contributed by atoms with E-state index in [1.165, 1.54) is 16.4 Å². The van der Waals surface area contributed by atoms with Gasteiger partial charge in [-0.15, -0.1) is 0 Å². The number of nitrogens with zero attached hydrogens (tertiary/aromatic N) is 1. The highest BCUT2D eigenvalue weighted by molar-refractivity contribution is 9.10. The molecule has 0 unspecified atom stereocenters. The lowest BCUT2D eigenvalue weighted by Gasteiger charge is -2.26. The molecule has 22 heavy (non-hydrogen) atoms. The Kier molecular flexibility index (Phi) is 5.13. The van der Waals surface area contributed by atoms with Crippen molar-refractivity contribution in [3.63, 3.8) is 0 Å². The lowest BCUT2D eigenvalue weighted by Crippen LogP contribution is -2.34. The first-order chi connectivity index (χ1) is 10.3. The zero-order chi connectivity index (χ0) is 16.3. The third-order valence-electron chi connectivity index (χ3n) is 3.05. The van der Waals surface area contributed by atoms with Crippen molar-refractivity contribution in [3.05, 3.63) is 53.0 Å². The standard InChI is InChI=1S/C16H18BrNO3S/c1-12(2)11-18(13-6-5-7-14(19)10-13)22(20,21)16-9-4-3-8-15(16)17/h3-10,12,19H,11H2,1-2H3. The maximum Gasteiger partial charge on any atom is 0.265 e. The van der Waals surface area contributed by atoms with E-state index in [0.717, 1.165) is 0 Å². The first kappa shape index (κ1) is 16.8. The Balaban J connectivity index is 2.56. The molecule has 2 aromatic carbocycles. The van der Waals surface area contributed by atoms with Gasteiger partial charge < -0.3 is 5.11 Å². The SMILES string of the molecule is CC(C)CN(c1cccc(O)c1)S(=O)(=O)c1ccccc1Br. The molecule has 0 bridgehead atoms. The molecule has 0 spiro atoms. The van der Waals surface area contributed by atoms with Crippen molar-refractivity contribution in [3.8, 4) is 5.75 Å². The normalized spacial score (nSPS) is 11.6. The average Bonchev–Trinajstić information content (AvgIpc) is 2.44. The average molecular weight is 384 g/mol. The number of anilines is 1. The van der Waals surface area contributed by atoms with Crippen LogP contribution in [-0.4, -0.2) is 20.1 Å². The van der Waals surface area contributed by atoms with E-state index in [1.807, 2.05) is 13.8 Å². The fourth-order valence-corrected chi connectivity index (χ4v) is 4.68. The van der Waals surface area contributed by atoms with Crippen LogP contribution in [0.15, 0.2) is 57.9 Å². The fraction of sp³-hybridized carbons (Fsp3) is 0.250. The van der Waals surface area contributed by atoms with E-state index in [0.29, 0.717) is 16.7 Å². The summed E-state index contributed by atoms with van der Waals surface area (Å²) in [4.78, 5) is 0.207. The number of phenolic OH excluding ortho intramolecular Hbond substituents is 1. The van der Waals surface area contributed by atoms with Crippen LogP contribution in [0.5, 0.6) is 5.75 Å². The molecule has 0 heterocycles. The topological polar surface area (TPSA) is 57.6 Å². The number of aromatic hydroxyl groups is 1. The van der Waals surface area contributed by atoms with Gasteiger partial charge in [-0.25, -0.2) is 8.42 Å². The summed E-state index contributed by atoms with van der Waals surface area (Å²) in [7, 11) is -3.72. The molecule has 2 aromatic rings. The van der Waals surface area contributed by atoms with E-state index in [4.69, 9.17) is 0 Å². The molecular formula is C16H18BrNO3S. The molecular weight excluding hydrogens is 366 g/mol. The van der Waals surface area contributed by atoms with Gasteiger partial charge >= 0.3 is 0 Å². The van der Waals surface area contributed by atoms with Crippen LogP contribution < -0.4 is 4.31 Å². The Morgan fingerprint density at radius 1 is 1.14 bits per heavy atom. The highest BCUT2D eigenvalue weighted by Gasteiger charge is 2.27. The number of benzene rings is 2. The maximum absolute atomic E-state index is 13.0. The highest BCUT2D eigenvalue weighted by atomic mass is 79.9. The van der Waals surface area contributed by atoms with Crippen molar-refractivity contribution in [2.75, 3.05) is 10.8 Å². The van der Waals surface area contributed by atoms with E-state index in [1.54, 1.807) is 36.4 Å². The Morgan fingerprint density at radius 2 is 1.82 bits per heavy atom. The largest absolute Gasteiger partial charge is 0.508 e. The molecule has 0 saturated carbocycles. The van der Waals surface area contributed by atoms with Crippen LogP contribution in [0.3, 0.4) is 0 Å². The van der Waals surface area contributed by atoms with Crippen LogP contribution in [0.25, 0.3) is 0 Å². The minimum Gasteiger partial charge on any atom is -0.508 e. The molecule has 0 aliphatic rings. The summed E-state index contributed by atoms with van der Waals surface area (Å²) in [5, 5.41) is 9.66. The minimum atomic E-state index is -3.72. The van der Waals surface area contributed by atoms with Crippen LogP contribution >= 0.6 is 15.9 Å². The molecule has 4 nitrogen and oxygen atoms in total. The number of halogens is 1. The zero-order valence-electron chi connectivity index (χ0n) is 12.4. The summed E-state index contributed by atoms with van der Waals surface area (Å²) in [6, 6.07) is 13.0. The first-order valence-electron chi connectivity index (χ1n) is 6.88. The third kappa shape index (κ3) is 3.62. The summed E-state index contributed by atoms with van der Waals surface area (Å²) in [6.07, 6.45) is 0. The molecule has 118 valence electrons. The Bertz CT molecular complexity index is 759. The molecule has 0 aromatic heterocycles. The van der Waals surface area contributed by atoms with Gasteiger partial charge in [0.25, 0.3) is 10.0 Å². The van der Waals surface area contributed by atoms with Crippen molar-refractivity contribution in [1.29, 1.82) is 0 Å². The lowest BCUT2D eigenvalue weighted by atomic mass is 10.2. The first-order valence-corrected chi connectivity index (χ1v) is 9.12. The van der Waals surface area contributed by atoms with Gasteiger partial charge in [-0.2, -0.15) is 0 Å². The second-order valence-corrected chi connectivity index (χ2v) is 8.07. The molecule has 0 radical (unpaired) electrons.